The van der Waals surface area contributed by atoms with Crippen LogP contribution in [0.5, 0.6) is 0 Å². The van der Waals surface area contributed by atoms with Crippen molar-refractivity contribution in [3.63, 3.8) is 0 Å². The average molecular weight is 182 g/mol. The van der Waals surface area contributed by atoms with E-state index in [2.05, 4.69) is 5.43 Å². The maximum Gasteiger partial charge on any atom is 0.405 e. The van der Waals surface area contributed by atoms with Crippen LogP contribution in [0.4, 0.5) is 13.2 Å². The van der Waals surface area contributed by atoms with E-state index in [1.807, 2.05) is 0 Å². The Morgan fingerprint density at radius 1 is 1.33 bits per heavy atom. The number of nitrogens with one attached hydrogen (secondary N) is 1. The molecular weight excluding hydrogens is 169 g/mol. The fourth-order valence-electron chi connectivity index (χ4n) is 1.54. The summed E-state index contributed by atoms with van der Waals surface area (Å²) in [6.45, 7) is 0.487. The maximum absolute atomic E-state index is 12.3. The third kappa shape index (κ3) is 2.10. The van der Waals surface area contributed by atoms with Crippen LogP contribution in [0.25, 0.3) is 0 Å². The lowest BCUT2D eigenvalue weighted by molar-refractivity contribution is -0.198. The van der Waals surface area contributed by atoms with Crippen molar-refractivity contribution in [1.29, 1.82) is 0 Å². The number of alkyl halides is 3. The first-order valence-corrected chi connectivity index (χ1v) is 4.06. The maximum atomic E-state index is 12.3. The summed E-state index contributed by atoms with van der Waals surface area (Å²) in [5.74, 6) is 0. The van der Waals surface area contributed by atoms with Crippen molar-refractivity contribution >= 4 is 0 Å². The third-order valence-corrected chi connectivity index (χ3v) is 2.17. The Balaban J connectivity index is 2.59. The SMILES string of the molecule is CNN1CCCCC1C(F)(F)F. The second-order valence-corrected chi connectivity index (χ2v) is 2.97. The van der Waals surface area contributed by atoms with Gasteiger partial charge in [0.25, 0.3) is 0 Å². The molecule has 0 aromatic heterocycles. The molecule has 1 fully saturated rings. The quantitative estimate of drug-likeness (QED) is 0.661. The van der Waals surface area contributed by atoms with Gasteiger partial charge < -0.3 is 0 Å². The monoisotopic (exact) mass is 182 g/mol. The van der Waals surface area contributed by atoms with Gasteiger partial charge in [0, 0.05) is 6.54 Å². The van der Waals surface area contributed by atoms with Crippen LogP contribution < -0.4 is 5.43 Å². The zero-order valence-electron chi connectivity index (χ0n) is 6.99. The van der Waals surface area contributed by atoms with Crippen LogP contribution >= 0.6 is 0 Å². The number of hydrogen-bond donors (Lipinski definition) is 1. The smallest absolute Gasteiger partial charge is 0.258 e. The predicted molar refractivity (Wildman–Crippen MR) is 39.5 cm³/mol. The van der Waals surface area contributed by atoms with Crippen molar-refractivity contribution in [3.8, 4) is 0 Å². The summed E-state index contributed by atoms with van der Waals surface area (Å²) in [5, 5.41) is 1.27. The van der Waals surface area contributed by atoms with Gasteiger partial charge in [-0.2, -0.15) is 13.2 Å². The lowest BCUT2D eigenvalue weighted by Crippen LogP contribution is -2.53. The highest BCUT2D eigenvalue weighted by molar-refractivity contribution is 4.79. The molecule has 0 radical (unpaired) electrons. The van der Waals surface area contributed by atoms with Crippen LogP contribution in [0.2, 0.25) is 0 Å². The molecule has 2 nitrogen and oxygen atoms in total. The van der Waals surface area contributed by atoms with Gasteiger partial charge in [0.2, 0.25) is 0 Å². The van der Waals surface area contributed by atoms with E-state index in [4.69, 9.17) is 0 Å². The fourth-order valence-corrected chi connectivity index (χ4v) is 1.54. The Labute approximate surface area is 69.7 Å². The first-order valence-electron chi connectivity index (χ1n) is 4.06. The Bertz CT molecular complexity index is 146. The Morgan fingerprint density at radius 3 is 2.42 bits per heavy atom. The van der Waals surface area contributed by atoms with E-state index in [0.717, 1.165) is 6.42 Å². The third-order valence-electron chi connectivity index (χ3n) is 2.17. The van der Waals surface area contributed by atoms with Crippen LogP contribution in [-0.2, 0) is 0 Å². The molecule has 1 atom stereocenters. The second-order valence-electron chi connectivity index (χ2n) is 2.97. The molecule has 0 aromatic carbocycles. The first-order chi connectivity index (χ1) is 5.55. The number of hydrogen-bond acceptors (Lipinski definition) is 2. The number of piperidine rings is 1. The van der Waals surface area contributed by atoms with Gasteiger partial charge in [-0.1, -0.05) is 6.42 Å². The summed E-state index contributed by atoms with van der Waals surface area (Å²) >= 11 is 0. The molecular formula is C7H13F3N2. The van der Waals surface area contributed by atoms with Crippen molar-refractivity contribution in [2.45, 2.75) is 31.5 Å². The highest BCUT2D eigenvalue weighted by Crippen LogP contribution is 2.30. The predicted octanol–water partition coefficient (Wildman–Crippen LogP) is 1.54. The van der Waals surface area contributed by atoms with Gasteiger partial charge in [0.05, 0.1) is 0 Å². The molecule has 72 valence electrons. The van der Waals surface area contributed by atoms with Gasteiger partial charge in [-0.05, 0) is 19.9 Å². The molecule has 0 bridgehead atoms. The molecule has 1 aliphatic rings. The minimum absolute atomic E-state index is 0.213. The zero-order chi connectivity index (χ0) is 9.19. The van der Waals surface area contributed by atoms with Gasteiger partial charge in [0.1, 0.15) is 6.04 Å². The van der Waals surface area contributed by atoms with Crippen molar-refractivity contribution in [3.05, 3.63) is 0 Å². The molecule has 1 saturated heterocycles. The molecule has 1 N–H and O–H groups in total. The Hall–Kier alpha value is -0.290. The van der Waals surface area contributed by atoms with E-state index in [9.17, 15) is 13.2 Å². The van der Waals surface area contributed by atoms with E-state index in [1.54, 1.807) is 0 Å². The van der Waals surface area contributed by atoms with Gasteiger partial charge in [-0.3, -0.25) is 5.43 Å². The lowest BCUT2D eigenvalue weighted by atomic mass is 10.0. The molecule has 1 aliphatic heterocycles. The summed E-state index contributed by atoms with van der Waals surface area (Å²) < 4.78 is 36.9. The summed E-state index contributed by atoms with van der Waals surface area (Å²) in [4.78, 5) is 0. The molecule has 1 heterocycles. The lowest BCUT2D eigenvalue weighted by Gasteiger charge is -2.35. The van der Waals surface area contributed by atoms with Crippen LogP contribution in [0.15, 0.2) is 0 Å². The number of hydrazine groups is 1. The molecule has 0 aliphatic carbocycles. The molecule has 1 unspecified atom stereocenters. The average Bonchev–Trinajstić information content (AvgIpc) is 2.03. The van der Waals surface area contributed by atoms with Gasteiger partial charge in [-0.25, -0.2) is 5.01 Å². The van der Waals surface area contributed by atoms with Gasteiger partial charge >= 0.3 is 6.18 Å². The van der Waals surface area contributed by atoms with Crippen LogP contribution in [0, 0.1) is 0 Å². The number of nitrogens with zero attached hydrogens (tertiary/aromatic N) is 1. The van der Waals surface area contributed by atoms with Crippen molar-refractivity contribution < 1.29 is 13.2 Å². The molecule has 0 saturated carbocycles. The molecule has 0 aromatic rings. The standard InChI is InChI=1S/C7H13F3N2/c1-11-12-5-3-2-4-6(12)7(8,9)10/h6,11H,2-5H2,1H3. The molecule has 5 heteroatoms. The highest BCUT2D eigenvalue weighted by Gasteiger charge is 2.44. The van der Waals surface area contributed by atoms with Crippen molar-refractivity contribution in [2.24, 2.45) is 0 Å². The van der Waals surface area contributed by atoms with Gasteiger partial charge in [-0.15, -0.1) is 0 Å². The fraction of sp³-hybridized carbons (Fsp3) is 1.00. The Kier molecular flexibility index (Phi) is 2.95. The topological polar surface area (TPSA) is 15.3 Å². The summed E-state index contributed by atoms with van der Waals surface area (Å²) in [6, 6.07) is -1.30. The van der Waals surface area contributed by atoms with Crippen LogP contribution in [0.1, 0.15) is 19.3 Å². The van der Waals surface area contributed by atoms with E-state index >= 15 is 0 Å². The van der Waals surface area contributed by atoms with Gasteiger partial charge in [0.15, 0.2) is 0 Å². The van der Waals surface area contributed by atoms with Crippen LogP contribution in [0.3, 0.4) is 0 Å². The number of rotatable bonds is 1. The van der Waals surface area contributed by atoms with E-state index in [0.29, 0.717) is 13.0 Å². The summed E-state index contributed by atoms with van der Waals surface area (Å²) in [7, 11) is 1.53. The second kappa shape index (κ2) is 3.62. The van der Waals surface area contributed by atoms with Crippen LogP contribution in [-0.4, -0.2) is 30.8 Å². The Morgan fingerprint density at radius 2 is 2.00 bits per heavy atom. The van der Waals surface area contributed by atoms with E-state index < -0.39 is 12.2 Å². The zero-order valence-corrected chi connectivity index (χ0v) is 6.99. The minimum Gasteiger partial charge on any atom is -0.258 e. The largest absolute Gasteiger partial charge is 0.405 e. The van der Waals surface area contributed by atoms with E-state index in [1.165, 1.54) is 12.1 Å². The highest BCUT2D eigenvalue weighted by atomic mass is 19.4. The minimum atomic E-state index is -4.09. The normalized spacial score (nSPS) is 27.5. The van der Waals surface area contributed by atoms with Crippen molar-refractivity contribution in [2.75, 3.05) is 13.6 Å². The van der Waals surface area contributed by atoms with E-state index in [-0.39, 0.29) is 6.42 Å². The molecule has 0 spiro atoms. The molecule has 12 heavy (non-hydrogen) atoms. The molecule has 1 rings (SSSR count). The molecule has 0 amide bonds. The summed E-state index contributed by atoms with van der Waals surface area (Å²) in [6.07, 6.45) is -2.37. The first kappa shape index (κ1) is 9.80. The van der Waals surface area contributed by atoms with Crippen molar-refractivity contribution in [1.82, 2.24) is 10.4 Å². The number of halogens is 3. The summed E-state index contributed by atoms with van der Waals surface area (Å²) in [5.41, 5.74) is 2.57.